The monoisotopic (exact) mass is 446 g/mol. The molecule has 0 aliphatic carbocycles. The van der Waals surface area contributed by atoms with E-state index in [-0.39, 0.29) is 22.4 Å². The van der Waals surface area contributed by atoms with Crippen LogP contribution in [0.3, 0.4) is 0 Å². The van der Waals surface area contributed by atoms with Gasteiger partial charge in [0.1, 0.15) is 0 Å². The Morgan fingerprint density at radius 2 is 1.61 bits per heavy atom. The normalized spacial score (nSPS) is 12.4. The third-order valence-electron chi connectivity index (χ3n) is 4.88. The van der Waals surface area contributed by atoms with Crippen molar-refractivity contribution in [3.05, 3.63) is 65.7 Å². The molecule has 1 unspecified atom stereocenters. The number of nitrogens with zero attached hydrogens (tertiary/aromatic N) is 1. The fraction of sp³-hybridized carbons (Fsp3) is 0.391. The van der Waals surface area contributed by atoms with Gasteiger partial charge >= 0.3 is 5.97 Å². The largest absolute Gasteiger partial charge is 0.452 e. The van der Waals surface area contributed by atoms with Crippen molar-refractivity contribution < 1.29 is 22.7 Å². The topological polar surface area (TPSA) is 92.8 Å². The maximum absolute atomic E-state index is 12.5. The highest BCUT2D eigenvalue weighted by Crippen LogP contribution is 2.16. The van der Waals surface area contributed by atoms with E-state index < -0.39 is 22.6 Å². The third-order valence-corrected chi connectivity index (χ3v) is 6.95. The molecule has 7 nitrogen and oxygen atoms in total. The van der Waals surface area contributed by atoms with E-state index in [1.807, 2.05) is 37.3 Å². The van der Waals surface area contributed by atoms with Crippen molar-refractivity contribution in [2.45, 2.75) is 44.6 Å². The van der Waals surface area contributed by atoms with Crippen LogP contribution in [0, 0.1) is 0 Å². The van der Waals surface area contributed by atoms with Gasteiger partial charge in [-0.05, 0) is 49.6 Å². The number of benzene rings is 2. The standard InChI is InChI=1S/C23H30N2O5S/c1-4-25(5-2)31(28,29)21-15-13-20(14-16-21)23(27)30-17-22(26)24-18(3)11-12-19-9-7-6-8-10-19/h6-10,13-16,18H,4-5,11-12,17H2,1-3H3,(H,24,26). The van der Waals surface area contributed by atoms with E-state index in [4.69, 9.17) is 4.74 Å². The van der Waals surface area contributed by atoms with Crippen LogP contribution in [0.15, 0.2) is 59.5 Å². The molecule has 0 spiro atoms. The number of esters is 1. The van der Waals surface area contributed by atoms with Crippen molar-refractivity contribution in [1.29, 1.82) is 0 Å². The Labute approximate surface area is 184 Å². The molecular formula is C23H30N2O5S. The number of ether oxygens (including phenoxy) is 1. The average molecular weight is 447 g/mol. The lowest BCUT2D eigenvalue weighted by atomic mass is 10.1. The fourth-order valence-electron chi connectivity index (χ4n) is 3.11. The lowest BCUT2D eigenvalue weighted by Gasteiger charge is -2.18. The molecule has 2 aromatic carbocycles. The summed E-state index contributed by atoms with van der Waals surface area (Å²) in [6, 6.07) is 15.4. The van der Waals surface area contributed by atoms with Crippen LogP contribution in [0.2, 0.25) is 0 Å². The minimum absolute atomic E-state index is 0.0593. The van der Waals surface area contributed by atoms with Crippen LogP contribution in [0.4, 0.5) is 0 Å². The summed E-state index contributed by atoms with van der Waals surface area (Å²) in [5.74, 6) is -1.06. The van der Waals surface area contributed by atoms with E-state index in [9.17, 15) is 18.0 Å². The molecule has 0 saturated heterocycles. The molecule has 0 fully saturated rings. The zero-order chi connectivity index (χ0) is 22.9. The smallest absolute Gasteiger partial charge is 0.338 e. The molecule has 0 aliphatic heterocycles. The first-order chi connectivity index (χ1) is 14.8. The van der Waals surface area contributed by atoms with Crippen LogP contribution in [0.5, 0.6) is 0 Å². The van der Waals surface area contributed by atoms with E-state index in [0.29, 0.717) is 13.1 Å². The second-order valence-corrected chi connectivity index (χ2v) is 9.12. The first kappa shape index (κ1) is 24.6. The SMILES string of the molecule is CCN(CC)S(=O)(=O)c1ccc(C(=O)OCC(=O)NC(C)CCc2ccccc2)cc1. The van der Waals surface area contributed by atoms with E-state index in [1.165, 1.54) is 34.1 Å². The van der Waals surface area contributed by atoms with Gasteiger partial charge in [-0.2, -0.15) is 4.31 Å². The lowest BCUT2D eigenvalue weighted by Crippen LogP contribution is -2.36. The number of nitrogens with one attached hydrogen (secondary N) is 1. The maximum Gasteiger partial charge on any atom is 0.338 e. The molecule has 2 aromatic rings. The van der Waals surface area contributed by atoms with Gasteiger partial charge in [0.2, 0.25) is 10.0 Å². The van der Waals surface area contributed by atoms with Gasteiger partial charge < -0.3 is 10.1 Å². The van der Waals surface area contributed by atoms with Crippen molar-refractivity contribution in [2.24, 2.45) is 0 Å². The zero-order valence-corrected chi connectivity index (χ0v) is 19.0. The minimum Gasteiger partial charge on any atom is -0.452 e. The van der Waals surface area contributed by atoms with Gasteiger partial charge in [0, 0.05) is 19.1 Å². The number of amides is 1. The number of carbonyl (C=O) groups excluding carboxylic acids is 2. The molecule has 0 saturated carbocycles. The molecule has 2 rings (SSSR count). The van der Waals surface area contributed by atoms with Crippen molar-refractivity contribution in [1.82, 2.24) is 9.62 Å². The molecule has 1 amide bonds. The molecule has 168 valence electrons. The Bertz CT molecular complexity index is 955. The molecule has 1 N–H and O–H groups in total. The Morgan fingerprint density at radius 1 is 1.00 bits per heavy atom. The lowest BCUT2D eigenvalue weighted by molar-refractivity contribution is -0.124. The van der Waals surface area contributed by atoms with Crippen molar-refractivity contribution in [3.63, 3.8) is 0 Å². The molecule has 1 atom stereocenters. The summed E-state index contributed by atoms with van der Waals surface area (Å²) in [5, 5.41) is 2.81. The van der Waals surface area contributed by atoms with E-state index >= 15 is 0 Å². The first-order valence-electron chi connectivity index (χ1n) is 10.4. The maximum atomic E-state index is 12.5. The van der Waals surface area contributed by atoms with Crippen LogP contribution in [-0.4, -0.2) is 50.3 Å². The second kappa shape index (κ2) is 11.6. The van der Waals surface area contributed by atoms with Crippen molar-refractivity contribution >= 4 is 21.9 Å². The quantitative estimate of drug-likeness (QED) is 0.536. The Hall–Kier alpha value is -2.71. The summed E-state index contributed by atoms with van der Waals surface area (Å²) in [7, 11) is -3.59. The molecule has 0 aromatic heterocycles. The van der Waals surface area contributed by atoms with Gasteiger partial charge in [-0.25, -0.2) is 13.2 Å². The predicted octanol–water partition coefficient (Wildman–Crippen LogP) is 3.01. The van der Waals surface area contributed by atoms with E-state index in [2.05, 4.69) is 5.32 Å². The summed E-state index contributed by atoms with van der Waals surface area (Å²) in [5.41, 5.74) is 1.38. The highest BCUT2D eigenvalue weighted by atomic mass is 32.2. The van der Waals surface area contributed by atoms with Crippen LogP contribution in [-0.2, 0) is 26.0 Å². The van der Waals surface area contributed by atoms with Gasteiger partial charge in [-0.15, -0.1) is 0 Å². The zero-order valence-electron chi connectivity index (χ0n) is 18.2. The van der Waals surface area contributed by atoms with Crippen molar-refractivity contribution in [3.8, 4) is 0 Å². The molecular weight excluding hydrogens is 416 g/mol. The number of carbonyl (C=O) groups is 2. The highest BCUT2D eigenvalue weighted by molar-refractivity contribution is 7.89. The van der Waals surface area contributed by atoms with E-state index in [0.717, 1.165) is 12.8 Å². The van der Waals surface area contributed by atoms with Gasteiger partial charge in [0.05, 0.1) is 10.5 Å². The van der Waals surface area contributed by atoms with Crippen LogP contribution in [0.1, 0.15) is 43.1 Å². The summed E-state index contributed by atoms with van der Waals surface area (Å²) in [6.07, 6.45) is 1.61. The molecule has 0 radical (unpaired) electrons. The van der Waals surface area contributed by atoms with Crippen LogP contribution < -0.4 is 5.32 Å². The molecule has 31 heavy (non-hydrogen) atoms. The number of hydrogen-bond donors (Lipinski definition) is 1. The number of hydrogen-bond acceptors (Lipinski definition) is 5. The third kappa shape index (κ3) is 7.18. The predicted molar refractivity (Wildman–Crippen MR) is 119 cm³/mol. The Balaban J connectivity index is 1.83. The Kier molecular flexibility index (Phi) is 9.21. The minimum atomic E-state index is -3.59. The second-order valence-electron chi connectivity index (χ2n) is 7.18. The molecule has 0 bridgehead atoms. The Morgan fingerprint density at radius 3 is 2.19 bits per heavy atom. The first-order valence-corrected chi connectivity index (χ1v) is 11.8. The van der Waals surface area contributed by atoms with Crippen molar-refractivity contribution in [2.75, 3.05) is 19.7 Å². The number of aryl methyl sites for hydroxylation is 1. The summed E-state index contributed by atoms with van der Waals surface area (Å²) >= 11 is 0. The van der Waals surface area contributed by atoms with Crippen LogP contribution >= 0.6 is 0 Å². The number of sulfonamides is 1. The molecule has 0 heterocycles. The summed E-state index contributed by atoms with van der Waals surface area (Å²) in [6.45, 7) is 5.76. The highest BCUT2D eigenvalue weighted by Gasteiger charge is 2.22. The van der Waals surface area contributed by atoms with Gasteiger partial charge in [0.15, 0.2) is 6.61 Å². The summed E-state index contributed by atoms with van der Waals surface area (Å²) in [4.78, 5) is 24.4. The van der Waals surface area contributed by atoms with Gasteiger partial charge in [-0.3, -0.25) is 4.79 Å². The molecule has 8 heteroatoms. The van der Waals surface area contributed by atoms with E-state index in [1.54, 1.807) is 13.8 Å². The summed E-state index contributed by atoms with van der Waals surface area (Å²) < 4.78 is 31.4. The molecule has 0 aliphatic rings. The average Bonchev–Trinajstić information content (AvgIpc) is 2.77. The van der Waals surface area contributed by atoms with Gasteiger partial charge in [0.25, 0.3) is 5.91 Å². The fourth-order valence-corrected chi connectivity index (χ4v) is 4.56. The van der Waals surface area contributed by atoms with Gasteiger partial charge in [-0.1, -0.05) is 44.2 Å². The van der Waals surface area contributed by atoms with Crippen LogP contribution in [0.25, 0.3) is 0 Å². The number of rotatable bonds is 11.